The molecule has 1 atom stereocenters. The number of hydrogen-bond donors (Lipinski definition) is 1. The van der Waals surface area contributed by atoms with Crippen molar-refractivity contribution in [3.05, 3.63) is 59.6 Å². The second-order valence-corrected chi connectivity index (χ2v) is 5.49. The number of benzene rings is 2. The fourth-order valence-corrected chi connectivity index (χ4v) is 2.65. The van der Waals surface area contributed by atoms with Gasteiger partial charge in [0.2, 0.25) is 0 Å². The predicted octanol–water partition coefficient (Wildman–Crippen LogP) is 3.87. The summed E-state index contributed by atoms with van der Waals surface area (Å²) in [6.45, 7) is 0.279. The normalized spacial score (nSPS) is 12.1. The van der Waals surface area contributed by atoms with Gasteiger partial charge in [0.25, 0.3) is 0 Å². The highest BCUT2D eigenvalue weighted by Gasteiger charge is 2.08. The van der Waals surface area contributed by atoms with Gasteiger partial charge in [-0.3, -0.25) is 0 Å². The van der Waals surface area contributed by atoms with Crippen LogP contribution in [0.5, 0.6) is 5.75 Å². The first-order valence-electron chi connectivity index (χ1n) is 5.99. The van der Waals surface area contributed by atoms with Gasteiger partial charge in [-0.15, -0.1) is 11.8 Å². The highest BCUT2D eigenvalue weighted by Crippen LogP contribution is 2.27. The Kier molecular flexibility index (Phi) is 5.58. The lowest BCUT2D eigenvalue weighted by Crippen LogP contribution is -2.20. The molecule has 0 heterocycles. The van der Waals surface area contributed by atoms with Gasteiger partial charge >= 0.3 is 0 Å². The first-order valence-corrected chi connectivity index (χ1v) is 7.35. The molecular weight excluding hydrogens is 280 g/mol. The molecule has 0 aromatic heterocycles. The third-order valence-electron chi connectivity index (χ3n) is 2.45. The topological polar surface area (TPSA) is 29.5 Å². The van der Waals surface area contributed by atoms with Crippen molar-refractivity contribution in [2.75, 3.05) is 12.4 Å². The average Bonchev–Trinajstić information content (AvgIpc) is 2.45. The van der Waals surface area contributed by atoms with E-state index in [1.165, 1.54) is 11.8 Å². The first kappa shape index (κ1) is 14.3. The maximum absolute atomic E-state index is 9.87. The fraction of sp³-hybridized carbons (Fsp3) is 0.200. The number of hydrogen-bond acceptors (Lipinski definition) is 3. The summed E-state index contributed by atoms with van der Waals surface area (Å²) in [4.78, 5) is 0.975. The monoisotopic (exact) mass is 294 g/mol. The molecule has 0 aliphatic heterocycles. The Bertz CT molecular complexity index is 505. The maximum Gasteiger partial charge on any atom is 0.119 e. The van der Waals surface area contributed by atoms with Crippen molar-refractivity contribution in [3.63, 3.8) is 0 Å². The quantitative estimate of drug-likeness (QED) is 0.820. The van der Waals surface area contributed by atoms with Gasteiger partial charge in [0.1, 0.15) is 12.4 Å². The van der Waals surface area contributed by atoms with E-state index in [1.807, 2.05) is 54.6 Å². The molecule has 0 radical (unpaired) electrons. The van der Waals surface area contributed by atoms with Crippen LogP contribution in [0.1, 0.15) is 0 Å². The number of thioether (sulfide) groups is 1. The molecule has 1 N–H and O–H groups in total. The van der Waals surface area contributed by atoms with Crippen molar-refractivity contribution in [2.45, 2.75) is 11.0 Å². The van der Waals surface area contributed by atoms with Crippen LogP contribution < -0.4 is 4.74 Å². The summed E-state index contributed by atoms with van der Waals surface area (Å²) in [5.41, 5.74) is 0. The SMILES string of the molecule is OC(COc1ccccc1)CSc1ccccc1Cl. The van der Waals surface area contributed by atoms with Crippen LogP contribution in [0.4, 0.5) is 0 Å². The van der Waals surface area contributed by atoms with Crippen molar-refractivity contribution in [1.29, 1.82) is 0 Å². The summed E-state index contributed by atoms with van der Waals surface area (Å²) in [7, 11) is 0. The molecular formula is C15H15ClO2S. The summed E-state index contributed by atoms with van der Waals surface area (Å²) in [6.07, 6.45) is -0.526. The van der Waals surface area contributed by atoms with E-state index in [0.29, 0.717) is 10.8 Å². The molecule has 0 spiro atoms. The molecule has 2 aromatic carbocycles. The lowest BCUT2D eigenvalue weighted by Gasteiger charge is -2.12. The summed E-state index contributed by atoms with van der Waals surface area (Å²) in [6, 6.07) is 17.1. The molecule has 19 heavy (non-hydrogen) atoms. The smallest absolute Gasteiger partial charge is 0.119 e. The van der Waals surface area contributed by atoms with Crippen LogP contribution in [0.2, 0.25) is 5.02 Å². The van der Waals surface area contributed by atoms with Crippen molar-refractivity contribution < 1.29 is 9.84 Å². The third kappa shape index (κ3) is 4.78. The average molecular weight is 295 g/mol. The maximum atomic E-state index is 9.87. The molecule has 1 unspecified atom stereocenters. The molecule has 0 aliphatic carbocycles. The minimum atomic E-state index is -0.526. The van der Waals surface area contributed by atoms with Crippen molar-refractivity contribution in [1.82, 2.24) is 0 Å². The second-order valence-electron chi connectivity index (χ2n) is 4.02. The molecule has 2 aromatic rings. The molecule has 0 aliphatic rings. The van der Waals surface area contributed by atoms with Gasteiger partial charge in [0.05, 0.1) is 11.1 Å². The molecule has 0 bridgehead atoms. The number of para-hydroxylation sites is 1. The van der Waals surface area contributed by atoms with Crippen molar-refractivity contribution in [2.24, 2.45) is 0 Å². The van der Waals surface area contributed by atoms with Gasteiger partial charge in [-0.25, -0.2) is 0 Å². The van der Waals surface area contributed by atoms with Gasteiger partial charge < -0.3 is 9.84 Å². The van der Waals surface area contributed by atoms with Crippen LogP contribution in [0.15, 0.2) is 59.5 Å². The molecule has 0 saturated carbocycles. The Labute approximate surface area is 122 Å². The molecule has 0 amide bonds. The van der Waals surface area contributed by atoms with E-state index in [-0.39, 0.29) is 6.61 Å². The lowest BCUT2D eigenvalue weighted by molar-refractivity contribution is 0.126. The van der Waals surface area contributed by atoms with Crippen LogP contribution in [-0.4, -0.2) is 23.6 Å². The summed E-state index contributed by atoms with van der Waals surface area (Å²) in [5, 5.41) is 10.6. The molecule has 0 fully saturated rings. The summed E-state index contributed by atoms with van der Waals surface area (Å²) < 4.78 is 5.49. The number of ether oxygens (including phenoxy) is 1. The van der Waals surface area contributed by atoms with Gasteiger partial charge in [-0.2, -0.15) is 0 Å². The van der Waals surface area contributed by atoms with E-state index >= 15 is 0 Å². The van der Waals surface area contributed by atoms with E-state index in [9.17, 15) is 5.11 Å². The van der Waals surface area contributed by atoms with Crippen LogP contribution in [-0.2, 0) is 0 Å². The molecule has 2 nitrogen and oxygen atoms in total. The number of rotatable bonds is 6. The summed E-state index contributed by atoms with van der Waals surface area (Å²) in [5.74, 6) is 1.32. The fourth-order valence-electron chi connectivity index (χ4n) is 1.51. The van der Waals surface area contributed by atoms with Crippen LogP contribution in [0.25, 0.3) is 0 Å². The van der Waals surface area contributed by atoms with E-state index in [0.717, 1.165) is 10.6 Å². The molecule has 100 valence electrons. The van der Waals surface area contributed by atoms with Gasteiger partial charge in [0, 0.05) is 10.6 Å². The van der Waals surface area contributed by atoms with E-state index in [4.69, 9.17) is 16.3 Å². The van der Waals surface area contributed by atoms with Crippen molar-refractivity contribution in [3.8, 4) is 5.75 Å². The Morgan fingerprint density at radius 3 is 2.47 bits per heavy atom. The number of aliphatic hydroxyl groups excluding tert-OH is 1. The highest BCUT2D eigenvalue weighted by molar-refractivity contribution is 7.99. The van der Waals surface area contributed by atoms with E-state index < -0.39 is 6.10 Å². The van der Waals surface area contributed by atoms with Gasteiger partial charge in [-0.1, -0.05) is 41.9 Å². The Morgan fingerprint density at radius 2 is 1.74 bits per heavy atom. The van der Waals surface area contributed by atoms with Gasteiger partial charge in [-0.05, 0) is 24.3 Å². The molecule has 2 rings (SSSR count). The number of aliphatic hydroxyl groups is 1. The number of halogens is 1. The van der Waals surface area contributed by atoms with Crippen LogP contribution >= 0.6 is 23.4 Å². The Balaban J connectivity index is 1.76. The standard InChI is InChI=1S/C15H15ClO2S/c16-14-8-4-5-9-15(14)19-11-12(17)10-18-13-6-2-1-3-7-13/h1-9,12,17H,10-11H2. The molecule has 4 heteroatoms. The Hall–Kier alpha value is -1.16. The largest absolute Gasteiger partial charge is 0.491 e. The highest BCUT2D eigenvalue weighted by atomic mass is 35.5. The third-order valence-corrected chi connectivity index (χ3v) is 4.11. The zero-order chi connectivity index (χ0) is 13.5. The zero-order valence-corrected chi connectivity index (χ0v) is 11.9. The van der Waals surface area contributed by atoms with Crippen molar-refractivity contribution >= 4 is 23.4 Å². The Morgan fingerprint density at radius 1 is 1.05 bits per heavy atom. The minimum absolute atomic E-state index is 0.279. The second kappa shape index (κ2) is 7.43. The summed E-state index contributed by atoms with van der Waals surface area (Å²) >= 11 is 7.58. The predicted molar refractivity (Wildman–Crippen MR) is 80.1 cm³/mol. The van der Waals surface area contributed by atoms with E-state index in [2.05, 4.69) is 0 Å². The lowest BCUT2D eigenvalue weighted by atomic mass is 10.3. The van der Waals surface area contributed by atoms with Crippen LogP contribution in [0.3, 0.4) is 0 Å². The van der Waals surface area contributed by atoms with E-state index in [1.54, 1.807) is 0 Å². The zero-order valence-electron chi connectivity index (χ0n) is 10.3. The minimum Gasteiger partial charge on any atom is -0.491 e. The van der Waals surface area contributed by atoms with Gasteiger partial charge in [0.15, 0.2) is 0 Å². The van der Waals surface area contributed by atoms with Crippen LogP contribution in [0, 0.1) is 0 Å². The molecule has 0 saturated heterocycles. The first-order chi connectivity index (χ1) is 9.25.